The van der Waals surface area contributed by atoms with Gasteiger partial charge in [0, 0.05) is 5.56 Å². The summed E-state index contributed by atoms with van der Waals surface area (Å²) in [5.41, 5.74) is 6.75. The minimum atomic E-state index is -1.42. The smallest absolute Gasteiger partial charge is 0.125 e. The van der Waals surface area contributed by atoms with Crippen LogP contribution in [0.25, 0.3) is 0 Å². The first-order chi connectivity index (χ1) is 13.9. The summed E-state index contributed by atoms with van der Waals surface area (Å²) in [6, 6.07) is 10.4. The van der Waals surface area contributed by atoms with E-state index in [4.69, 9.17) is 9.47 Å². The van der Waals surface area contributed by atoms with Crippen molar-refractivity contribution in [3.8, 4) is 5.75 Å². The van der Waals surface area contributed by atoms with Crippen LogP contribution in [0.15, 0.2) is 30.3 Å². The van der Waals surface area contributed by atoms with Gasteiger partial charge in [0.15, 0.2) is 0 Å². The van der Waals surface area contributed by atoms with E-state index in [2.05, 4.69) is 18.2 Å². The predicted molar refractivity (Wildman–Crippen MR) is 107 cm³/mol. The molecule has 6 nitrogen and oxygen atoms in total. The molecule has 0 saturated carbocycles. The summed E-state index contributed by atoms with van der Waals surface area (Å²) in [7, 11) is 1.54. The maximum atomic E-state index is 10.5. The summed E-state index contributed by atoms with van der Waals surface area (Å²) < 4.78 is 11.3. The molecule has 0 unspecified atom stereocenters. The molecule has 6 heteroatoms. The highest BCUT2D eigenvalue weighted by Crippen LogP contribution is 2.39. The Hall–Kier alpha value is -1.96. The number of rotatable bonds is 5. The van der Waals surface area contributed by atoms with Crippen LogP contribution >= 0.6 is 0 Å². The molecule has 1 heterocycles. The van der Waals surface area contributed by atoms with Gasteiger partial charge in [0.05, 0.1) is 13.7 Å². The first-order valence-electron chi connectivity index (χ1n) is 10.0. The summed E-state index contributed by atoms with van der Waals surface area (Å²) in [6.45, 7) is 1.55. The van der Waals surface area contributed by atoms with Crippen LogP contribution in [0.5, 0.6) is 5.75 Å². The van der Waals surface area contributed by atoms with Crippen LogP contribution in [0.4, 0.5) is 0 Å². The molecule has 2 aromatic rings. The lowest BCUT2D eigenvalue weighted by molar-refractivity contribution is -0.232. The Bertz CT molecular complexity index is 893. The maximum absolute atomic E-state index is 10.5. The van der Waals surface area contributed by atoms with E-state index in [9.17, 15) is 20.4 Å². The molecule has 2 aromatic carbocycles. The first-order valence-corrected chi connectivity index (χ1v) is 10.0. The first kappa shape index (κ1) is 20.3. The average molecular weight is 400 g/mol. The average Bonchev–Trinajstić information content (AvgIpc) is 2.70. The van der Waals surface area contributed by atoms with Gasteiger partial charge < -0.3 is 29.9 Å². The van der Waals surface area contributed by atoms with E-state index in [1.165, 1.54) is 16.7 Å². The van der Waals surface area contributed by atoms with Crippen molar-refractivity contribution in [3.63, 3.8) is 0 Å². The molecule has 0 aromatic heterocycles. The Morgan fingerprint density at radius 2 is 1.76 bits per heavy atom. The molecule has 4 N–H and O–H groups in total. The fourth-order valence-corrected chi connectivity index (χ4v) is 4.27. The van der Waals surface area contributed by atoms with Crippen molar-refractivity contribution < 1.29 is 29.9 Å². The van der Waals surface area contributed by atoms with Gasteiger partial charge in [-0.15, -0.1) is 0 Å². The minimum absolute atomic E-state index is 0.461. The Balaban J connectivity index is 1.68. The monoisotopic (exact) mass is 400 g/mol. The molecule has 1 aliphatic heterocycles. The van der Waals surface area contributed by atoms with Gasteiger partial charge in [0.2, 0.25) is 0 Å². The second-order valence-electron chi connectivity index (χ2n) is 8.05. The van der Waals surface area contributed by atoms with E-state index in [0.29, 0.717) is 11.3 Å². The second-order valence-corrected chi connectivity index (χ2v) is 8.05. The third kappa shape index (κ3) is 3.67. The van der Waals surface area contributed by atoms with Crippen LogP contribution in [0, 0.1) is 6.92 Å². The Morgan fingerprint density at radius 1 is 1.00 bits per heavy atom. The summed E-state index contributed by atoms with van der Waals surface area (Å²) in [6.07, 6.45) is -3.02. The molecule has 0 radical (unpaired) electrons. The number of aliphatic hydroxyl groups is 4. The van der Waals surface area contributed by atoms with Crippen LogP contribution in [-0.2, 0) is 24.0 Å². The maximum Gasteiger partial charge on any atom is 0.125 e. The van der Waals surface area contributed by atoms with Gasteiger partial charge in [-0.1, -0.05) is 18.2 Å². The normalized spacial score (nSPS) is 28.6. The molecule has 2 aliphatic rings. The van der Waals surface area contributed by atoms with Gasteiger partial charge in [-0.25, -0.2) is 0 Å². The number of hydrogen-bond acceptors (Lipinski definition) is 6. The molecule has 0 amide bonds. The molecule has 29 heavy (non-hydrogen) atoms. The van der Waals surface area contributed by atoms with E-state index in [1.807, 2.05) is 19.1 Å². The Kier molecular flexibility index (Phi) is 5.64. The standard InChI is InChI=1S/C23H28O6/c1-12-7-18(28-2)17(23-22(27)21(26)20(25)19(11-24)29-23)10-16(12)9-13-3-4-14-5-6-15(14)8-13/h3-4,7-8,10,19-27H,5-6,9,11H2,1-2H3/t19-,20-,21+,22-,23+/m1/s1. The van der Waals surface area contributed by atoms with Crippen LogP contribution in [0.1, 0.15) is 39.5 Å². The number of methoxy groups -OCH3 is 1. The van der Waals surface area contributed by atoms with Crippen molar-refractivity contribution in [2.45, 2.75) is 56.7 Å². The van der Waals surface area contributed by atoms with Crippen molar-refractivity contribution in [1.29, 1.82) is 0 Å². The fraction of sp³-hybridized carbons (Fsp3) is 0.478. The van der Waals surface area contributed by atoms with Crippen LogP contribution in [0.2, 0.25) is 0 Å². The van der Waals surface area contributed by atoms with Gasteiger partial charge in [-0.05, 0) is 66.1 Å². The Morgan fingerprint density at radius 3 is 2.38 bits per heavy atom. The molecule has 0 spiro atoms. The number of hydrogen-bond donors (Lipinski definition) is 4. The SMILES string of the molecule is COc1cc(C)c(Cc2ccc3c(c2)CC3)cc1[C@@H]1O[C@H](CO)[C@@H](O)[C@H](O)[C@H]1O. The number of aryl methyl sites for hydroxylation is 3. The van der Waals surface area contributed by atoms with Crippen molar-refractivity contribution in [2.24, 2.45) is 0 Å². The molecular formula is C23H28O6. The van der Waals surface area contributed by atoms with E-state index >= 15 is 0 Å². The lowest BCUT2D eigenvalue weighted by Crippen LogP contribution is -2.55. The number of fused-ring (bicyclic) bond motifs is 1. The van der Waals surface area contributed by atoms with Crippen molar-refractivity contribution >= 4 is 0 Å². The van der Waals surface area contributed by atoms with Gasteiger partial charge in [-0.2, -0.15) is 0 Å². The van der Waals surface area contributed by atoms with E-state index in [1.54, 1.807) is 7.11 Å². The fourth-order valence-electron chi connectivity index (χ4n) is 4.27. The highest BCUT2D eigenvalue weighted by atomic mass is 16.5. The zero-order valence-electron chi connectivity index (χ0n) is 16.7. The van der Waals surface area contributed by atoms with E-state index in [0.717, 1.165) is 30.4 Å². The van der Waals surface area contributed by atoms with Gasteiger partial charge in [0.25, 0.3) is 0 Å². The predicted octanol–water partition coefficient (Wildman–Crippen LogP) is 1.21. The third-order valence-electron chi connectivity index (χ3n) is 6.22. The van der Waals surface area contributed by atoms with Crippen LogP contribution in [-0.4, -0.2) is 58.6 Å². The van der Waals surface area contributed by atoms with Crippen LogP contribution in [0.3, 0.4) is 0 Å². The van der Waals surface area contributed by atoms with Gasteiger partial charge in [-0.3, -0.25) is 0 Å². The summed E-state index contributed by atoms with van der Waals surface area (Å²) >= 11 is 0. The summed E-state index contributed by atoms with van der Waals surface area (Å²) in [5.74, 6) is 0.535. The van der Waals surface area contributed by atoms with Gasteiger partial charge in [0.1, 0.15) is 36.3 Å². The molecule has 1 saturated heterocycles. The molecule has 4 rings (SSSR count). The molecule has 1 aliphatic carbocycles. The second kappa shape index (κ2) is 8.05. The van der Waals surface area contributed by atoms with Crippen molar-refractivity contribution in [1.82, 2.24) is 0 Å². The zero-order valence-corrected chi connectivity index (χ0v) is 16.7. The molecule has 1 fully saturated rings. The number of aliphatic hydroxyl groups excluding tert-OH is 4. The Labute approximate surface area is 170 Å². The van der Waals surface area contributed by atoms with Gasteiger partial charge >= 0.3 is 0 Å². The lowest BCUT2D eigenvalue weighted by atomic mass is 9.85. The van der Waals surface area contributed by atoms with Crippen molar-refractivity contribution in [3.05, 3.63) is 63.7 Å². The van der Waals surface area contributed by atoms with Crippen molar-refractivity contribution in [2.75, 3.05) is 13.7 Å². The molecular weight excluding hydrogens is 372 g/mol. The largest absolute Gasteiger partial charge is 0.496 e. The minimum Gasteiger partial charge on any atom is -0.496 e. The molecule has 156 valence electrons. The molecule has 0 bridgehead atoms. The third-order valence-corrected chi connectivity index (χ3v) is 6.22. The van der Waals surface area contributed by atoms with E-state index < -0.39 is 37.1 Å². The summed E-state index contributed by atoms with van der Waals surface area (Å²) in [5, 5.41) is 40.3. The topological polar surface area (TPSA) is 99.4 Å². The number of benzene rings is 2. The number of ether oxygens (including phenoxy) is 2. The molecule has 5 atom stereocenters. The van der Waals surface area contributed by atoms with E-state index in [-0.39, 0.29) is 0 Å². The summed E-state index contributed by atoms with van der Waals surface area (Å²) in [4.78, 5) is 0. The zero-order chi connectivity index (χ0) is 20.7. The lowest BCUT2D eigenvalue weighted by Gasteiger charge is -2.40. The highest BCUT2D eigenvalue weighted by molar-refractivity contribution is 5.47. The highest BCUT2D eigenvalue weighted by Gasteiger charge is 2.44. The van der Waals surface area contributed by atoms with Crippen LogP contribution < -0.4 is 4.74 Å². The quantitative estimate of drug-likeness (QED) is 0.602.